The normalized spacial score (nSPS) is 16.8. The minimum absolute atomic E-state index is 0.119. The maximum atomic E-state index is 14.4. The molecule has 2 amide bonds. The number of esters is 1. The van der Waals surface area contributed by atoms with E-state index >= 15 is 0 Å². The first-order valence-electron chi connectivity index (χ1n) is 14.9. The van der Waals surface area contributed by atoms with Crippen molar-refractivity contribution in [3.8, 4) is 0 Å². The Balaban J connectivity index is 1.40. The van der Waals surface area contributed by atoms with Gasteiger partial charge in [-0.3, -0.25) is 9.59 Å². The highest BCUT2D eigenvalue weighted by molar-refractivity contribution is 6.31. The van der Waals surface area contributed by atoms with Crippen LogP contribution in [0.4, 0.5) is 5.69 Å². The number of H-pyrrole nitrogens is 1. The van der Waals surface area contributed by atoms with Crippen molar-refractivity contribution >= 4 is 57.6 Å². The number of amides is 2. The SMILES string of the molecule is CCOC(=O)[C@H](Cc1c[nH]c2ccccc12)NC(=O)[C@@H]1O[C@@H](c2ccccc2Cl)c2cc(Cl)ccc2N(Cc2ccccc2)C1=O. The molecule has 46 heavy (non-hydrogen) atoms. The third-order valence-corrected chi connectivity index (χ3v) is 8.50. The highest BCUT2D eigenvalue weighted by atomic mass is 35.5. The fourth-order valence-corrected chi connectivity index (χ4v) is 6.16. The van der Waals surface area contributed by atoms with Gasteiger partial charge in [-0.05, 0) is 48.4 Å². The summed E-state index contributed by atoms with van der Waals surface area (Å²) in [6.07, 6.45) is -0.646. The van der Waals surface area contributed by atoms with E-state index in [1.165, 1.54) is 4.90 Å². The molecule has 234 valence electrons. The van der Waals surface area contributed by atoms with Crippen LogP contribution in [0.3, 0.4) is 0 Å². The Morgan fingerprint density at radius 3 is 2.48 bits per heavy atom. The van der Waals surface area contributed by atoms with E-state index in [4.69, 9.17) is 32.7 Å². The van der Waals surface area contributed by atoms with Gasteiger partial charge in [0.15, 0.2) is 0 Å². The molecule has 1 aliphatic heterocycles. The Morgan fingerprint density at radius 1 is 0.957 bits per heavy atom. The first kappa shape index (κ1) is 31.4. The fraction of sp³-hybridized carbons (Fsp3) is 0.194. The topological polar surface area (TPSA) is 101 Å². The van der Waals surface area contributed by atoms with E-state index in [-0.39, 0.29) is 19.6 Å². The number of carbonyl (C=O) groups excluding carboxylic acids is 3. The number of aromatic amines is 1. The van der Waals surface area contributed by atoms with Crippen LogP contribution in [-0.2, 0) is 36.8 Å². The van der Waals surface area contributed by atoms with Crippen molar-refractivity contribution in [2.75, 3.05) is 11.5 Å². The smallest absolute Gasteiger partial charge is 0.328 e. The summed E-state index contributed by atoms with van der Waals surface area (Å²) in [5.74, 6) is -2.01. The Kier molecular flexibility index (Phi) is 9.40. The molecule has 0 bridgehead atoms. The van der Waals surface area contributed by atoms with Gasteiger partial charge in [-0.1, -0.05) is 89.9 Å². The summed E-state index contributed by atoms with van der Waals surface area (Å²) >= 11 is 13.1. The third kappa shape index (κ3) is 6.51. The van der Waals surface area contributed by atoms with Gasteiger partial charge in [-0.15, -0.1) is 0 Å². The number of carbonyl (C=O) groups is 3. The number of anilines is 1. The summed E-state index contributed by atoms with van der Waals surface area (Å²) in [6.45, 7) is 1.97. The molecule has 1 aliphatic rings. The minimum atomic E-state index is -1.64. The van der Waals surface area contributed by atoms with Crippen LogP contribution in [0.5, 0.6) is 0 Å². The fourth-order valence-electron chi connectivity index (χ4n) is 5.74. The second-order valence-electron chi connectivity index (χ2n) is 10.9. The molecule has 4 aromatic carbocycles. The number of halogens is 2. The summed E-state index contributed by atoms with van der Waals surface area (Å²) in [4.78, 5) is 46.5. The quantitative estimate of drug-likeness (QED) is 0.135. The monoisotopic (exact) mass is 655 g/mol. The molecule has 2 N–H and O–H groups in total. The maximum absolute atomic E-state index is 14.4. The van der Waals surface area contributed by atoms with Gasteiger partial charge in [0.2, 0.25) is 6.10 Å². The summed E-state index contributed by atoms with van der Waals surface area (Å²) in [7, 11) is 0. The second kappa shape index (κ2) is 13.8. The molecule has 0 radical (unpaired) electrons. The second-order valence-corrected chi connectivity index (χ2v) is 11.8. The first-order valence-corrected chi connectivity index (χ1v) is 15.7. The average Bonchev–Trinajstić information content (AvgIpc) is 3.42. The van der Waals surface area contributed by atoms with E-state index in [1.54, 1.807) is 55.6 Å². The van der Waals surface area contributed by atoms with Crippen molar-refractivity contribution in [1.29, 1.82) is 0 Å². The van der Waals surface area contributed by atoms with Gasteiger partial charge >= 0.3 is 5.97 Å². The van der Waals surface area contributed by atoms with Crippen molar-refractivity contribution in [3.63, 3.8) is 0 Å². The number of para-hydroxylation sites is 1. The molecule has 2 heterocycles. The average molecular weight is 657 g/mol. The van der Waals surface area contributed by atoms with E-state index in [9.17, 15) is 14.4 Å². The zero-order valence-electron chi connectivity index (χ0n) is 24.9. The molecule has 5 aromatic rings. The Labute approximate surface area is 276 Å². The lowest BCUT2D eigenvalue weighted by Crippen LogP contribution is -2.53. The molecule has 0 unspecified atom stereocenters. The highest BCUT2D eigenvalue weighted by Crippen LogP contribution is 2.42. The van der Waals surface area contributed by atoms with Crippen LogP contribution in [0.25, 0.3) is 10.9 Å². The van der Waals surface area contributed by atoms with Gasteiger partial charge in [-0.2, -0.15) is 0 Å². The lowest BCUT2D eigenvalue weighted by molar-refractivity contribution is -0.152. The molecular weight excluding hydrogens is 625 g/mol. The zero-order valence-corrected chi connectivity index (χ0v) is 26.4. The van der Waals surface area contributed by atoms with E-state index in [0.717, 1.165) is 22.0 Å². The van der Waals surface area contributed by atoms with Gasteiger partial charge in [0, 0.05) is 44.7 Å². The third-order valence-electron chi connectivity index (χ3n) is 7.92. The number of hydrogen-bond acceptors (Lipinski definition) is 5. The van der Waals surface area contributed by atoms with Crippen molar-refractivity contribution in [3.05, 3.63) is 136 Å². The summed E-state index contributed by atoms with van der Waals surface area (Å²) in [6, 6.07) is 28.2. The summed E-state index contributed by atoms with van der Waals surface area (Å²) < 4.78 is 11.8. The van der Waals surface area contributed by atoms with Crippen LogP contribution in [-0.4, -0.2) is 41.5 Å². The molecule has 0 saturated heterocycles. The predicted molar refractivity (Wildman–Crippen MR) is 178 cm³/mol. The zero-order chi connectivity index (χ0) is 32.2. The number of aromatic nitrogens is 1. The molecule has 3 atom stereocenters. The summed E-state index contributed by atoms with van der Waals surface area (Å²) in [5.41, 5.74) is 4.20. The van der Waals surface area contributed by atoms with Gasteiger partial charge in [-0.25, -0.2) is 4.79 Å². The van der Waals surface area contributed by atoms with Crippen LogP contribution >= 0.6 is 23.2 Å². The lowest BCUT2D eigenvalue weighted by atomic mass is 9.99. The largest absolute Gasteiger partial charge is 0.464 e. The van der Waals surface area contributed by atoms with Crippen molar-refractivity contribution in [2.45, 2.75) is 38.1 Å². The van der Waals surface area contributed by atoms with Gasteiger partial charge < -0.3 is 24.7 Å². The molecular formula is C36H31Cl2N3O5. The molecule has 1 aromatic heterocycles. The van der Waals surface area contributed by atoms with Crippen LogP contribution in [0.1, 0.15) is 35.3 Å². The first-order chi connectivity index (χ1) is 22.3. The van der Waals surface area contributed by atoms with E-state index in [2.05, 4.69) is 10.3 Å². The molecule has 0 fully saturated rings. The molecule has 10 heteroatoms. The molecule has 0 saturated carbocycles. The van der Waals surface area contributed by atoms with E-state index in [0.29, 0.717) is 26.9 Å². The Morgan fingerprint density at radius 2 is 1.70 bits per heavy atom. The number of hydrogen-bond donors (Lipinski definition) is 2. The molecule has 6 rings (SSSR count). The van der Waals surface area contributed by atoms with Crippen LogP contribution in [0.2, 0.25) is 10.0 Å². The van der Waals surface area contributed by atoms with Crippen molar-refractivity contribution < 1.29 is 23.9 Å². The highest BCUT2D eigenvalue weighted by Gasteiger charge is 2.42. The number of nitrogens with zero attached hydrogens (tertiary/aromatic N) is 1. The Hall–Kier alpha value is -4.63. The summed E-state index contributed by atoms with van der Waals surface area (Å²) in [5, 5.41) is 4.51. The van der Waals surface area contributed by atoms with Gasteiger partial charge in [0.1, 0.15) is 12.1 Å². The predicted octanol–water partition coefficient (Wildman–Crippen LogP) is 6.79. The number of fused-ring (bicyclic) bond motifs is 2. The van der Waals surface area contributed by atoms with Gasteiger partial charge in [0.05, 0.1) is 18.8 Å². The molecule has 0 aliphatic carbocycles. The number of nitrogens with one attached hydrogen (secondary N) is 2. The minimum Gasteiger partial charge on any atom is -0.464 e. The number of ether oxygens (including phenoxy) is 2. The lowest BCUT2D eigenvalue weighted by Gasteiger charge is -2.26. The van der Waals surface area contributed by atoms with Crippen LogP contribution in [0, 0.1) is 0 Å². The van der Waals surface area contributed by atoms with Gasteiger partial charge in [0.25, 0.3) is 11.8 Å². The number of rotatable bonds is 9. The Bertz CT molecular complexity index is 1890. The number of benzene rings is 4. The van der Waals surface area contributed by atoms with E-state index in [1.807, 2.05) is 54.6 Å². The van der Waals surface area contributed by atoms with Crippen LogP contribution < -0.4 is 10.2 Å². The standard InChI is InChI=1S/C36H31Cl2N3O5/c1-2-45-36(44)30(18-23-20-39-29-15-9-7-12-25(23)29)40-34(42)33-35(43)41(21-22-10-4-3-5-11-22)31-17-16-24(37)19-27(31)32(46-33)26-13-6-8-14-28(26)38/h3-17,19-20,30,32-33,39H,2,18,21H2,1H3,(H,40,42)/t30-,32-,33-/m0/s1. The van der Waals surface area contributed by atoms with Crippen molar-refractivity contribution in [2.24, 2.45) is 0 Å². The molecule has 8 nitrogen and oxygen atoms in total. The van der Waals surface area contributed by atoms with Crippen LogP contribution in [0.15, 0.2) is 103 Å². The van der Waals surface area contributed by atoms with Crippen molar-refractivity contribution in [1.82, 2.24) is 10.3 Å². The maximum Gasteiger partial charge on any atom is 0.328 e. The molecule has 0 spiro atoms. The van der Waals surface area contributed by atoms with E-state index < -0.39 is 36.0 Å².